The molecule has 0 fully saturated rings. The van der Waals surface area contributed by atoms with E-state index in [1.165, 1.54) is 4.88 Å². The maximum Gasteiger partial charge on any atom is 0.0520 e. The van der Waals surface area contributed by atoms with Crippen molar-refractivity contribution < 1.29 is 0 Å². The molecule has 0 amide bonds. The SMILES string of the molecule is CN(Cc1cc(Br)cs1)c1cc(Cl)ccc1CN. The Morgan fingerprint density at radius 2 is 2.17 bits per heavy atom. The summed E-state index contributed by atoms with van der Waals surface area (Å²) in [7, 11) is 2.05. The second-order valence-corrected chi connectivity index (χ2v) is 6.41. The molecule has 18 heavy (non-hydrogen) atoms. The van der Waals surface area contributed by atoms with E-state index in [1.54, 1.807) is 11.3 Å². The molecule has 0 bridgehead atoms. The summed E-state index contributed by atoms with van der Waals surface area (Å²) < 4.78 is 1.13. The van der Waals surface area contributed by atoms with Gasteiger partial charge >= 0.3 is 0 Å². The van der Waals surface area contributed by atoms with E-state index >= 15 is 0 Å². The van der Waals surface area contributed by atoms with Gasteiger partial charge in [-0.25, -0.2) is 0 Å². The van der Waals surface area contributed by atoms with E-state index in [-0.39, 0.29) is 0 Å². The van der Waals surface area contributed by atoms with Crippen LogP contribution in [-0.2, 0) is 13.1 Å². The van der Waals surface area contributed by atoms with Gasteiger partial charge < -0.3 is 10.6 Å². The van der Waals surface area contributed by atoms with Crippen molar-refractivity contribution in [3.63, 3.8) is 0 Å². The van der Waals surface area contributed by atoms with Gasteiger partial charge in [-0.05, 0) is 39.7 Å². The molecule has 5 heteroatoms. The second kappa shape index (κ2) is 6.06. The summed E-state index contributed by atoms with van der Waals surface area (Å²) in [5.74, 6) is 0. The Morgan fingerprint density at radius 3 is 2.78 bits per heavy atom. The van der Waals surface area contributed by atoms with Crippen LogP contribution in [0.5, 0.6) is 0 Å². The van der Waals surface area contributed by atoms with Gasteiger partial charge in [0.1, 0.15) is 0 Å². The van der Waals surface area contributed by atoms with Gasteiger partial charge in [-0.3, -0.25) is 0 Å². The number of anilines is 1. The minimum absolute atomic E-state index is 0.519. The number of rotatable bonds is 4. The summed E-state index contributed by atoms with van der Waals surface area (Å²) in [6.45, 7) is 1.37. The van der Waals surface area contributed by atoms with E-state index < -0.39 is 0 Å². The van der Waals surface area contributed by atoms with E-state index in [4.69, 9.17) is 17.3 Å². The van der Waals surface area contributed by atoms with Gasteiger partial charge in [0.05, 0.1) is 6.54 Å². The second-order valence-electron chi connectivity index (χ2n) is 4.06. The van der Waals surface area contributed by atoms with Gasteiger partial charge in [0.2, 0.25) is 0 Å². The first-order valence-corrected chi connectivity index (χ1v) is 7.57. The van der Waals surface area contributed by atoms with Crippen LogP contribution in [0.25, 0.3) is 0 Å². The number of hydrogen-bond donors (Lipinski definition) is 1. The molecule has 1 aromatic carbocycles. The minimum Gasteiger partial charge on any atom is -0.369 e. The van der Waals surface area contributed by atoms with Crippen LogP contribution in [0.15, 0.2) is 34.1 Å². The van der Waals surface area contributed by atoms with Crippen LogP contribution in [0.2, 0.25) is 5.02 Å². The Bertz CT molecular complexity index is 542. The topological polar surface area (TPSA) is 29.3 Å². The average Bonchev–Trinajstić information content (AvgIpc) is 2.74. The van der Waals surface area contributed by atoms with E-state index in [0.29, 0.717) is 6.54 Å². The van der Waals surface area contributed by atoms with Crippen molar-refractivity contribution in [1.82, 2.24) is 0 Å². The number of nitrogens with zero attached hydrogens (tertiary/aromatic N) is 1. The van der Waals surface area contributed by atoms with Gasteiger partial charge in [-0.1, -0.05) is 17.7 Å². The molecule has 1 heterocycles. The molecule has 2 nitrogen and oxygen atoms in total. The zero-order valence-electron chi connectivity index (χ0n) is 9.99. The first-order valence-electron chi connectivity index (χ1n) is 5.52. The molecule has 0 aliphatic heterocycles. The lowest BCUT2D eigenvalue weighted by Gasteiger charge is -2.21. The summed E-state index contributed by atoms with van der Waals surface area (Å²) in [6.07, 6.45) is 0. The molecule has 96 valence electrons. The first-order chi connectivity index (χ1) is 8.60. The Balaban J connectivity index is 2.22. The number of benzene rings is 1. The highest BCUT2D eigenvalue weighted by atomic mass is 79.9. The van der Waals surface area contributed by atoms with E-state index in [9.17, 15) is 0 Å². The third-order valence-electron chi connectivity index (χ3n) is 2.69. The lowest BCUT2D eigenvalue weighted by Crippen LogP contribution is -2.18. The molecule has 0 aliphatic rings. The molecule has 0 atom stereocenters. The minimum atomic E-state index is 0.519. The molecule has 2 rings (SSSR count). The molecular formula is C13H14BrClN2S. The zero-order chi connectivity index (χ0) is 13.1. The van der Waals surface area contributed by atoms with Crippen LogP contribution < -0.4 is 10.6 Å². The monoisotopic (exact) mass is 344 g/mol. The molecule has 0 saturated carbocycles. The predicted molar refractivity (Wildman–Crippen MR) is 83.5 cm³/mol. The Morgan fingerprint density at radius 1 is 1.39 bits per heavy atom. The summed E-state index contributed by atoms with van der Waals surface area (Å²) in [6, 6.07) is 7.96. The maximum atomic E-state index is 6.05. The number of nitrogens with two attached hydrogens (primary N) is 1. The third kappa shape index (κ3) is 3.26. The van der Waals surface area contributed by atoms with Crippen LogP contribution in [0.1, 0.15) is 10.4 Å². The standard InChI is InChI=1S/C13H14BrClN2S/c1-17(7-12-4-10(14)8-18-12)13-5-11(15)3-2-9(13)6-16/h2-5,8H,6-7,16H2,1H3. The van der Waals surface area contributed by atoms with E-state index in [1.807, 2.05) is 18.2 Å². The smallest absolute Gasteiger partial charge is 0.0520 e. The number of halogens is 2. The Hall–Kier alpha value is -0.550. The van der Waals surface area contributed by atoms with Gasteiger partial charge in [0.25, 0.3) is 0 Å². The van der Waals surface area contributed by atoms with Gasteiger partial charge in [-0.15, -0.1) is 11.3 Å². The Labute approximate surface area is 124 Å². The fourth-order valence-electron chi connectivity index (χ4n) is 1.82. The summed E-state index contributed by atoms with van der Waals surface area (Å²) in [4.78, 5) is 3.47. The predicted octanol–water partition coefficient (Wildman–Crippen LogP) is 4.26. The van der Waals surface area contributed by atoms with Crippen molar-refractivity contribution in [2.24, 2.45) is 5.73 Å². The Kier molecular flexibility index (Phi) is 4.67. The molecule has 0 radical (unpaired) electrons. The fraction of sp³-hybridized carbons (Fsp3) is 0.231. The van der Waals surface area contributed by atoms with E-state index in [0.717, 1.165) is 27.3 Å². The lowest BCUT2D eigenvalue weighted by atomic mass is 10.1. The van der Waals surface area contributed by atoms with Crippen molar-refractivity contribution in [3.8, 4) is 0 Å². The first kappa shape index (κ1) is 13.9. The fourth-order valence-corrected chi connectivity index (χ4v) is 3.49. The third-order valence-corrected chi connectivity index (χ3v) is 4.61. The lowest BCUT2D eigenvalue weighted by molar-refractivity contribution is 0.917. The van der Waals surface area contributed by atoms with E-state index in [2.05, 4.69) is 39.3 Å². The number of hydrogen-bond acceptors (Lipinski definition) is 3. The normalized spacial score (nSPS) is 10.7. The van der Waals surface area contributed by atoms with Crippen LogP contribution in [0.4, 0.5) is 5.69 Å². The van der Waals surface area contributed by atoms with Crippen molar-refractivity contribution in [3.05, 3.63) is 49.6 Å². The molecule has 0 aliphatic carbocycles. The highest BCUT2D eigenvalue weighted by molar-refractivity contribution is 9.10. The molecule has 2 N–H and O–H groups in total. The van der Waals surface area contributed by atoms with Crippen LogP contribution in [-0.4, -0.2) is 7.05 Å². The number of thiophene rings is 1. The molecule has 1 aromatic heterocycles. The van der Waals surface area contributed by atoms with Crippen molar-refractivity contribution in [2.45, 2.75) is 13.1 Å². The van der Waals surface area contributed by atoms with Gasteiger partial charge in [0.15, 0.2) is 0 Å². The van der Waals surface area contributed by atoms with Gasteiger partial charge in [0, 0.05) is 39.0 Å². The van der Waals surface area contributed by atoms with Crippen molar-refractivity contribution >= 4 is 44.6 Å². The summed E-state index contributed by atoms with van der Waals surface area (Å²) >= 11 is 11.3. The van der Waals surface area contributed by atoms with Crippen molar-refractivity contribution in [1.29, 1.82) is 0 Å². The highest BCUT2D eigenvalue weighted by Crippen LogP contribution is 2.27. The maximum absolute atomic E-state index is 6.05. The highest BCUT2D eigenvalue weighted by Gasteiger charge is 2.09. The molecule has 0 saturated heterocycles. The quantitative estimate of drug-likeness (QED) is 0.897. The molecule has 2 aromatic rings. The summed E-state index contributed by atoms with van der Waals surface area (Å²) in [5.41, 5.74) is 7.96. The largest absolute Gasteiger partial charge is 0.369 e. The molecule has 0 unspecified atom stereocenters. The van der Waals surface area contributed by atoms with Crippen LogP contribution in [0, 0.1) is 0 Å². The van der Waals surface area contributed by atoms with Crippen molar-refractivity contribution in [2.75, 3.05) is 11.9 Å². The van der Waals surface area contributed by atoms with Gasteiger partial charge in [-0.2, -0.15) is 0 Å². The van der Waals surface area contributed by atoms with Crippen LogP contribution in [0.3, 0.4) is 0 Å². The zero-order valence-corrected chi connectivity index (χ0v) is 13.1. The van der Waals surface area contributed by atoms with Crippen LogP contribution >= 0.6 is 38.9 Å². The average molecular weight is 346 g/mol. The molecular weight excluding hydrogens is 332 g/mol. The summed E-state index contributed by atoms with van der Waals surface area (Å²) in [5, 5.41) is 2.83. The molecule has 0 spiro atoms.